The Balaban J connectivity index is 1.90. The normalized spacial score (nSPS) is 22.5. The van der Waals surface area contributed by atoms with E-state index in [9.17, 15) is 18.0 Å². The number of hydrogen-bond donors (Lipinski definition) is 0. The van der Waals surface area contributed by atoms with Gasteiger partial charge in [0.1, 0.15) is 12.7 Å². The van der Waals surface area contributed by atoms with Crippen LogP contribution in [0.2, 0.25) is 18.1 Å². The van der Waals surface area contributed by atoms with E-state index < -0.39 is 54.6 Å². The van der Waals surface area contributed by atoms with Crippen LogP contribution in [0.15, 0.2) is 60.7 Å². The van der Waals surface area contributed by atoms with Gasteiger partial charge in [0.25, 0.3) is 10.1 Å². The van der Waals surface area contributed by atoms with Gasteiger partial charge in [-0.25, -0.2) is 9.59 Å². The fraction of sp³-hybridized carbons (Fsp3) is 0.500. The lowest BCUT2D eigenvalue weighted by atomic mass is 9.82. The van der Waals surface area contributed by atoms with Gasteiger partial charge in [-0.05, 0) is 42.4 Å². The summed E-state index contributed by atoms with van der Waals surface area (Å²) in [7, 11) is -6.12. The van der Waals surface area contributed by atoms with Crippen LogP contribution in [-0.2, 0) is 28.2 Å². The van der Waals surface area contributed by atoms with E-state index in [0.717, 1.165) is 6.26 Å². The second-order valence-electron chi connectivity index (χ2n) is 11.2. The van der Waals surface area contributed by atoms with Crippen molar-refractivity contribution in [3.05, 3.63) is 71.8 Å². The number of hydrogen-bond acceptors (Lipinski definition) is 8. The predicted molar refractivity (Wildman–Crippen MR) is 147 cm³/mol. The Morgan fingerprint density at radius 1 is 0.868 bits per heavy atom. The number of ether oxygens (including phenoxy) is 2. The molecule has 0 N–H and O–H groups in total. The van der Waals surface area contributed by atoms with E-state index in [-0.39, 0.29) is 18.1 Å². The smallest absolute Gasteiger partial charge is 0.338 e. The molecule has 0 amide bonds. The third-order valence-electron chi connectivity index (χ3n) is 7.20. The van der Waals surface area contributed by atoms with E-state index in [2.05, 4.69) is 33.9 Å². The summed E-state index contributed by atoms with van der Waals surface area (Å²) in [4.78, 5) is 25.7. The lowest BCUT2D eigenvalue weighted by Crippen LogP contribution is -2.52. The summed E-state index contributed by atoms with van der Waals surface area (Å²) in [6, 6.07) is 17.0. The molecule has 1 fully saturated rings. The molecule has 0 unspecified atom stereocenters. The Hall–Kier alpha value is -2.53. The third-order valence-corrected chi connectivity index (χ3v) is 12.3. The zero-order valence-electron chi connectivity index (χ0n) is 22.9. The fourth-order valence-corrected chi connectivity index (χ4v) is 6.24. The summed E-state index contributed by atoms with van der Waals surface area (Å²) in [5.74, 6) is -1.83. The lowest BCUT2D eigenvalue weighted by molar-refractivity contribution is -0.0841. The highest BCUT2D eigenvalue weighted by Gasteiger charge is 2.47. The molecule has 0 spiro atoms. The first-order chi connectivity index (χ1) is 17.7. The zero-order valence-corrected chi connectivity index (χ0v) is 24.7. The lowest BCUT2D eigenvalue weighted by Gasteiger charge is -2.45. The molecule has 10 heteroatoms. The topological polar surface area (TPSA) is 105 Å². The summed E-state index contributed by atoms with van der Waals surface area (Å²) in [6.45, 7) is 10.4. The van der Waals surface area contributed by atoms with Crippen molar-refractivity contribution in [1.29, 1.82) is 0 Å². The first-order valence-corrected chi connectivity index (χ1v) is 17.4. The highest BCUT2D eigenvalue weighted by molar-refractivity contribution is 7.86. The molecule has 2 aromatic carbocycles. The molecule has 2 aromatic rings. The van der Waals surface area contributed by atoms with Crippen LogP contribution >= 0.6 is 0 Å². The molecule has 0 saturated heterocycles. The van der Waals surface area contributed by atoms with Gasteiger partial charge in [-0.15, -0.1) is 0 Å². The average molecular weight is 563 g/mol. The van der Waals surface area contributed by atoms with Gasteiger partial charge in [-0.2, -0.15) is 8.42 Å². The Bertz CT molecular complexity index is 1190. The van der Waals surface area contributed by atoms with Gasteiger partial charge in [0, 0.05) is 12.8 Å². The first kappa shape index (κ1) is 30.0. The van der Waals surface area contributed by atoms with Crippen molar-refractivity contribution in [3.63, 3.8) is 0 Å². The minimum Gasteiger partial charge on any atom is -0.462 e. The van der Waals surface area contributed by atoms with Crippen molar-refractivity contribution < 1.29 is 36.1 Å². The van der Waals surface area contributed by atoms with E-state index >= 15 is 0 Å². The highest BCUT2D eigenvalue weighted by atomic mass is 32.2. The number of esters is 2. The molecule has 0 heterocycles. The standard InChI is InChI=1S/C28H38O8SSi/c1-28(2,3)38(5,6)36-22-17-24(34-27(30)21-15-11-8-12-16-21)23(25(18-22)35-37(4,31)32)19-33-26(29)20-13-9-7-10-14-20/h7-16,22-25H,17-19H2,1-6H3/t22-,23+,24-,25+/m1/s1. The SMILES string of the molecule is CC(C)(C)[Si](C)(C)O[C@H]1C[C@H](OS(C)(=O)=O)[C@@H](COC(=O)c2ccccc2)[C@H](OC(=O)c2ccccc2)C1. The summed E-state index contributed by atoms with van der Waals surface area (Å²) in [5.41, 5.74) is 0.724. The quantitative estimate of drug-likeness (QED) is 0.233. The van der Waals surface area contributed by atoms with E-state index in [1.165, 1.54) is 0 Å². The number of benzene rings is 2. The largest absolute Gasteiger partial charge is 0.462 e. The van der Waals surface area contributed by atoms with Crippen LogP contribution in [-0.4, -0.2) is 59.8 Å². The summed E-state index contributed by atoms with van der Waals surface area (Å²) in [6.07, 6.45) is -0.567. The summed E-state index contributed by atoms with van der Waals surface area (Å²) >= 11 is 0. The van der Waals surface area contributed by atoms with Gasteiger partial charge in [-0.1, -0.05) is 57.2 Å². The molecule has 8 nitrogen and oxygen atoms in total. The maximum atomic E-state index is 13.0. The second-order valence-corrected chi connectivity index (χ2v) is 17.6. The molecule has 1 aliphatic carbocycles. The van der Waals surface area contributed by atoms with Crippen LogP contribution in [0.25, 0.3) is 0 Å². The molecule has 3 rings (SSSR count). The van der Waals surface area contributed by atoms with Crippen LogP contribution < -0.4 is 0 Å². The third kappa shape index (κ3) is 8.23. The average Bonchev–Trinajstić information content (AvgIpc) is 2.82. The maximum Gasteiger partial charge on any atom is 0.338 e. The molecule has 0 aromatic heterocycles. The van der Waals surface area contributed by atoms with E-state index in [4.69, 9.17) is 18.1 Å². The molecule has 1 aliphatic rings. The van der Waals surface area contributed by atoms with Crippen molar-refractivity contribution >= 4 is 30.4 Å². The molecule has 4 atom stereocenters. The van der Waals surface area contributed by atoms with Crippen LogP contribution in [0.1, 0.15) is 54.3 Å². The van der Waals surface area contributed by atoms with Gasteiger partial charge in [0.05, 0.1) is 35.5 Å². The molecule has 0 bridgehead atoms. The summed E-state index contributed by atoms with van der Waals surface area (Å²) in [5, 5.41) is -0.0849. The Morgan fingerprint density at radius 2 is 1.37 bits per heavy atom. The number of carbonyl (C=O) groups excluding carboxylic acids is 2. The van der Waals surface area contributed by atoms with E-state index in [0.29, 0.717) is 17.5 Å². The highest BCUT2D eigenvalue weighted by Crippen LogP contribution is 2.41. The number of rotatable bonds is 9. The first-order valence-electron chi connectivity index (χ1n) is 12.7. The van der Waals surface area contributed by atoms with Crippen molar-refractivity contribution in [2.75, 3.05) is 12.9 Å². The van der Waals surface area contributed by atoms with Crippen LogP contribution in [0.5, 0.6) is 0 Å². The number of carbonyl (C=O) groups is 2. The second kappa shape index (κ2) is 12.1. The minimum absolute atomic E-state index is 0.0849. The van der Waals surface area contributed by atoms with Gasteiger partial charge in [0.2, 0.25) is 0 Å². The Labute approximate surface area is 226 Å². The van der Waals surface area contributed by atoms with E-state index in [1.807, 2.05) is 0 Å². The minimum atomic E-state index is -3.87. The molecular weight excluding hydrogens is 524 g/mol. The Kier molecular flexibility index (Phi) is 9.56. The fourth-order valence-electron chi connectivity index (χ4n) is 4.19. The van der Waals surface area contributed by atoms with Gasteiger partial charge in [0.15, 0.2) is 8.32 Å². The Morgan fingerprint density at radius 3 is 1.87 bits per heavy atom. The van der Waals surface area contributed by atoms with Gasteiger partial charge in [-0.3, -0.25) is 4.18 Å². The van der Waals surface area contributed by atoms with Crippen LogP contribution in [0, 0.1) is 5.92 Å². The van der Waals surface area contributed by atoms with Gasteiger partial charge >= 0.3 is 11.9 Å². The monoisotopic (exact) mass is 562 g/mol. The molecule has 0 aliphatic heterocycles. The summed E-state index contributed by atoms with van der Waals surface area (Å²) < 4.78 is 48.1. The maximum absolute atomic E-state index is 13.0. The molecular formula is C28H38O8SSi. The van der Waals surface area contributed by atoms with Gasteiger partial charge < -0.3 is 13.9 Å². The van der Waals surface area contributed by atoms with Crippen LogP contribution in [0.4, 0.5) is 0 Å². The molecule has 1 saturated carbocycles. The molecule has 0 radical (unpaired) electrons. The van der Waals surface area contributed by atoms with E-state index in [1.54, 1.807) is 60.7 Å². The van der Waals surface area contributed by atoms with Crippen LogP contribution in [0.3, 0.4) is 0 Å². The molecule has 38 heavy (non-hydrogen) atoms. The zero-order chi connectivity index (χ0) is 28.1. The van der Waals surface area contributed by atoms with Crippen molar-refractivity contribution in [1.82, 2.24) is 0 Å². The van der Waals surface area contributed by atoms with Crippen molar-refractivity contribution in [2.45, 2.75) is 70.1 Å². The predicted octanol–water partition coefficient (Wildman–Crippen LogP) is 5.21. The van der Waals surface area contributed by atoms with Crippen molar-refractivity contribution in [2.24, 2.45) is 5.92 Å². The van der Waals surface area contributed by atoms with Crippen molar-refractivity contribution in [3.8, 4) is 0 Å². The molecule has 208 valence electrons.